The van der Waals surface area contributed by atoms with Gasteiger partial charge in [-0.05, 0) is 171 Å². The summed E-state index contributed by atoms with van der Waals surface area (Å²) in [4.78, 5) is 61.9. The Morgan fingerprint density at radius 1 is 0.496 bits per heavy atom. The van der Waals surface area contributed by atoms with Crippen LogP contribution in [0, 0.1) is 34.6 Å². The molecule has 4 aromatic carbocycles. The van der Waals surface area contributed by atoms with Gasteiger partial charge in [0.25, 0.3) is 0 Å². The average molecular weight is 1560 g/mol. The lowest BCUT2D eigenvalue weighted by molar-refractivity contribution is -0.140. The lowest BCUT2D eigenvalue weighted by Gasteiger charge is -2.32. The number of hydrogen-bond donors (Lipinski definition) is 4. The molecule has 2 atom stereocenters. The molecule has 23 nitrogen and oxygen atoms in total. The molecule has 13 heterocycles. The summed E-state index contributed by atoms with van der Waals surface area (Å²) < 4.78 is 88.3. The first-order valence-electron chi connectivity index (χ1n) is 39.3. The molecule has 28 heteroatoms. The molecule has 6 aliphatic rings. The van der Waals surface area contributed by atoms with Crippen LogP contribution in [0.15, 0.2) is 135 Å². The van der Waals surface area contributed by atoms with Crippen LogP contribution >= 0.6 is 0 Å². The van der Waals surface area contributed by atoms with E-state index in [9.17, 15) is 22.0 Å². The van der Waals surface area contributed by atoms with Crippen molar-refractivity contribution in [3.8, 4) is 62.3 Å². The van der Waals surface area contributed by atoms with Crippen LogP contribution < -0.4 is 28.9 Å². The number of nitrogens with zero attached hydrogens (tertiary/aromatic N) is 16. The molecule has 0 amide bonds. The number of halogens is 5. The second kappa shape index (κ2) is 31.5. The van der Waals surface area contributed by atoms with E-state index in [1.54, 1.807) is 68.0 Å². The fraction of sp³-hybridized carbons (Fsp3) is 0.345. The van der Waals surface area contributed by atoms with E-state index in [0.29, 0.717) is 68.6 Å². The molecule has 0 saturated carbocycles. The van der Waals surface area contributed by atoms with Crippen molar-refractivity contribution in [1.29, 1.82) is 0 Å². The molecule has 115 heavy (non-hydrogen) atoms. The summed E-state index contributed by atoms with van der Waals surface area (Å²) in [7, 11) is 0. The van der Waals surface area contributed by atoms with Gasteiger partial charge in [-0.1, -0.05) is 59.7 Å². The minimum atomic E-state index is -4.51. The van der Waals surface area contributed by atoms with Gasteiger partial charge in [-0.3, -0.25) is 0 Å². The van der Waals surface area contributed by atoms with E-state index in [1.807, 2.05) is 38.1 Å². The van der Waals surface area contributed by atoms with Gasteiger partial charge in [0.1, 0.15) is 76.7 Å². The van der Waals surface area contributed by atoms with Gasteiger partial charge in [-0.2, -0.15) is 23.4 Å². The number of benzene rings is 4. The van der Waals surface area contributed by atoms with Crippen LogP contribution in [0.2, 0.25) is 0 Å². The van der Waals surface area contributed by atoms with Crippen LogP contribution in [0.4, 0.5) is 39.4 Å². The zero-order valence-corrected chi connectivity index (χ0v) is 65.3. The Labute approximate surface area is 661 Å². The minimum absolute atomic E-state index is 0.0385. The van der Waals surface area contributed by atoms with Crippen LogP contribution in [0.1, 0.15) is 175 Å². The van der Waals surface area contributed by atoms with Crippen molar-refractivity contribution in [3.05, 3.63) is 220 Å². The van der Waals surface area contributed by atoms with Crippen molar-refractivity contribution in [1.82, 2.24) is 84.4 Å². The molecule has 0 spiro atoms. The topological polar surface area (TPSA) is 252 Å². The molecule has 4 N–H and O–H groups in total. The summed E-state index contributed by atoms with van der Waals surface area (Å²) in [5.41, 5.74) is 20.1. The highest BCUT2D eigenvalue weighted by Crippen LogP contribution is 2.44. The number of piperidine rings is 3. The molecule has 3 saturated heterocycles. The Balaban J connectivity index is 0.000000124. The van der Waals surface area contributed by atoms with Crippen LogP contribution in [-0.2, 0) is 19.0 Å². The number of aromatic amines is 4. The molecule has 9 aromatic heterocycles. The number of aromatic nitrogens is 17. The van der Waals surface area contributed by atoms with Crippen molar-refractivity contribution in [2.24, 2.45) is 0 Å². The normalized spacial score (nSPS) is 16.3. The third-order valence-corrected chi connectivity index (χ3v) is 22.8. The second-order valence-electron chi connectivity index (χ2n) is 30.5. The highest BCUT2D eigenvalue weighted by molar-refractivity contribution is 5.93. The Morgan fingerprint density at radius 3 is 1.46 bits per heavy atom. The van der Waals surface area contributed by atoms with Crippen molar-refractivity contribution >= 4 is 51.8 Å². The maximum absolute atomic E-state index is 13.9. The molecule has 590 valence electrons. The number of rotatable bonds is 16. The Hall–Kier alpha value is -12.4. The number of fused-ring (bicyclic) bond motifs is 4. The molecular formula is C87H89F5N20O3. The molecule has 2 unspecified atom stereocenters. The first kappa shape index (κ1) is 75.3. The molecule has 0 radical (unpaired) electrons. The molecule has 13 aromatic rings. The van der Waals surface area contributed by atoms with Crippen molar-refractivity contribution in [2.75, 3.05) is 67.4 Å². The number of aryl methyl sites for hydroxylation is 5. The Kier molecular flexibility index (Phi) is 20.7. The summed E-state index contributed by atoms with van der Waals surface area (Å²) in [5.74, 6) is 8.33. The Bertz CT molecular complexity index is 5770. The lowest BCUT2D eigenvalue weighted by Crippen LogP contribution is -2.34. The van der Waals surface area contributed by atoms with E-state index >= 15 is 0 Å². The van der Waals surface area contributed by atoms with E-state index in [1.165, 1.54) is 28.8 Å². The van der Waals surface area contributed by atoms with E-state index in [0.717, 1.165) is 210 Å². The highest BCUT2D eigenvalue weighted by atomic mass is 19.4. The fourth-order valence-electron chi connectivity index (χ4n) is 16.4. The first-order chi connectivity index (χ1) is 55.7. The zero-order valence-electron chi connectivity index (χ0n) is 65.3. The average Bonchev–Trinajstić information content (AvgIpc) is 1.64. The maximum Gasteiger partial charge on any atom is 0.433 e. The second-order valence-corrected chi connectivity index (χ2v) is 30.5. The monoisotopic (exact) mass is 1560 g/mol. The number of imidazole rings is 3. The minimum Gasteiger partial charge on any atom is -0.494 e. The summed E-state index contributed by atoms with van der Waals surface area (Å²) in [6.07, 6.45) is 15.9. The van der Waals surface area contributed by atoms with E-state index in [-0.39, 0.29) is 18.4 Å². The van der Waals surface area contributed by atoms with Crippen LogP contribution in [0.5, 0.6) is 17.2 Å². The smallest absolute Gasteiger partial charge is 0.433 e. The van der Waals surface area contributed by atoms with Crippen molar-refractivity contribution in [3.63, 3.8) is 0 Å². The van der Waals surface area contributed by atoms with Crippen molar-refractivity contribution in [2.45, 2.75) is 143 Å². The lowest BCUT2D eigenvalue weighted by atomic mass is 9.96. The number of alkyl halides is 5. The standard InChI is InChI=1S/C30H34FN7O.C29H27F3N6.C28H28FN7O2/c1-5-39-27-7-6-22(12-18(27)2)28-19(3)35-29(36-28)21-8-10-37(11-9-21)30-25-13-23(14-26(25)32-17-33-30)24-15-34-38(16-24)20(4)31;1-17-3-7-19(8-4-17)23-15-22-27(35-23)33-16-34-28(22)38-13-11-21(12-14-38)26-36-24(25(37-26)29(30,31)32)20-9-5-18(2)6-10-20;1-16-26(19-3-4-24-25(11-19)38-15-37-24)34-27(33-16)18-5-7-35(8-6-18)28-22-9-20(10-23(22)30-14-31-28)21-12-32-36(13-21)17(2)29/h6-7,12-13,15-17,20-21H,5,8-11,14H2,1-4H3,(H,35,36);3-10,15-16,21H,11-14H2,1-2H3,(H,36,37)(H,33,34,35);3-4,9,11-14,17-18H,5-8,10,15H2,1-2H3,(H,33,34). The summed E-state index contributed by atoms with van der Waals surface area (Å²) in [6, 6.07) is 29.6. The number of hydrogen-bond acceptors (Lipinski definition) is 17. The predicted octanol–water partition coefficient (Wildman–Crippen LogP) is 18.2. The van der Waals surface area contributed by atoms with Crippen LogP contribution in [0.25, 0.3) is 79.4 Å². The van der Waals surface area contributed by atoms with E-state index in [4.69, 9.17) is 24.2 Å². The number of anilines is 3. The summed E-state index contributed by atoms with van der Waals surface area (Å²) >= 11 is 0. The molecule has 4 aliphatic heterocycles. The number of allylic oxidation sites excluding steroid dienone is 2. The Morgan fingerprint density at radius 2 is 0.957 bits per heavy atom. The fourth-order valence-corrected chi connectivity index (χ4v) is 16.4. The molecular weight excluding hydrogens is 1470 g/mol. The van der Waals surface area contributed by atoms with Crippen molar-refractivity contribution < 1.29 is 36.2 Å². The summed E-state index contributed by atoms with van der Waals surface area (Å²) in [5, 5.41) is 9.23. The maximum atomic E-state index is 13.9. The predicted molar refractivity (Wildman–Crippen MR) is 433 cm³/mol. The van der Waals surface area contributed by atoms with Crippen LogP contribution in [0.3, 0.4) is 0 Å². The summed E-state index contributed by atoms with van der Waals surface area (Å²) in [6.45, 7) is 20.9. The van der Waals surface area contributed by atoms with Gasteiger partial charge >= 0.3 is 6.18 Å². The number of H-pyrrole nitrogens is 4. The van der Waals surface area contributed by atoms with Gasteiger partial charge in [0.15, 0.2) is 24.1 Å². The zero-order chi connectivity index (χ0) is 79.3. The third-order valence-electron chi connectivity index (χ3n) is 22.8. The van der Waals surface area contributed by atoms with Crippen LogP contribution in [-0.4, -0.2) is 137 Å². The quantitative estimate of drug-likeness (QED) is 0.0656. The SMILES string of the molecule is CCOc1ccc(-c2nc(C3CCN(c4ncnc5c4C=C(c4cnn(C(C)F)c4)C5)CC3)[nH]c2C)cc1C.Cc1[nH]c(C2CCN(c3ncnc4c3C=C(c3cnn(C(C)F)c3)C4)CC2)nc1-c1ccc2c(c1)OCO2.Cc1ccc(-c2cc3c(N4CCC(c5nc(-c6ccc(C)cc6)c(C(F)(F)F)[nH]5)CC4)ncnc3[nH]2)cc1. The van der Waals surface area contributed by atoms with E-state index < -0.39 is 24.5 Å². The number of nitrogens with one attached hydrogen (secondary N) is 4. The molecule has 19 rings (SSSR count). The van der Waals surface area contributed by atoms with Gasteiger partial charge in [-0.25, -0.2) is 63.0 Å². The van der Waals surface area contributed by atoms with E-state index in [2.05, 4.69) is 162 Å². The third kappa shape index (κ3) is 15.6. The molecule has 2 aliphatic carbocycles. The first-order valence-corrected chi connectivity index (χ1v) is 39.3. The largest absolute Gasteiger partial charge is 0.494 e. The molecule has 3 fully saturated rings. The highest BCUT2D eigenvalue weighted by Gasteiger charge is 2.39. The number of ether oxygens (including phenoxy) is 3. The van der Waals surface area contributed by atoms with Gasteiger partial charge < -0.3 is 48.8 Å². The van der Waals surface area contributed by atoms with Gasteiger partial charge in [0.2, 0.25) is 6.79 Å². The van der Waals surface area contributed by atoms with Gasteiger partial charge in [0, 0.05) is 138 Å². The van der Waals surface area contributed by atoms with Gasteiger partial charge in [-0.15, -0.1) is 0 Å². The molecule has 0 bridgehead atoms. The van der Waals surface area contributed by atoms with Gasteiger partial charge in [0.05, 0.1) is 47.2 Å².